The number of benzene rings is 1. The van der Waals surface area contributed by atoms with E-state index < -0.39 is 0 Å². The molecule has 0 aromatic heterocycles. The Morgan fingerprint density at radius 3 is 3.10 bits per heavy atom. The van der Waals surface area contributed by atoms with Gasteiger partial charge in [0.15, 0.2) is 0 Å². The van der Waals surface area contributed by atoms with Crippen molar-refractivity contribution in [1.82, 2.24) is 5.43 Å². The van der Waals surface area contributed by atoms with Crippen molar-refractivity contribution in [1.29, 1.82) is 0 Å². The highest BCUT2D eigenvalue weighted by molar-refractivity contribution is 5.89. The molecule has 0 unspecified atom stereocenters. The number of hydrogen-bond donors (Lipinski definition) is 0. The van der Waals surface area contributed by atoms with Gasteiger partial charge in [-0.25, -0.2) is 4.39 Å². The number of hydrogen-bond acceptors (Lipinski definition) is 1. The van der Waals surface area contributed by atoms with Gasteiger partial charge in [-0.1, -0.05) is 0 Å². The quantitative estimate of drug-likeness (QED) is 0.514. The first-order valence-corrected chi connectivity index (χ1v) is 2.90. The van der Waals surface area contributed by atoms with E-state index in [2.05, 4.69) is 10.5 Å². The van der Waals surface area contributed by atoms with Crippen molar-refractivity contribution < 1.29 is 4.39 Å². The molecule has 0 saturated heterocycles. The molecule has 49 valence electrons. The van der Waals surface area contributed by atoms with Gasteiger partial charge in [0.1, 0.15) is 5.82 Å². The van der Waals surface area contributed by atoms with Crippen molar-refractivity contribution in [3.8, 4) is 0 Å². The Morgan fingerprint density at radius 1 is 1.30 bits per heavy atom. The van der Waals surface area contributed by atoms with E-state index in [4.69, 9.17) is 0 Å². The molecule has 2 nitrogen and oxygen atoms in total. The minimum atomic E-state index is -0.270. The lowest BCUT2D eigenvalue weighted by Gasteiger charge is -1.92. The summed E-state index contributed by atoms with van der Waals surface area (Å²) in [7, 11) is 0. The first-order chi connectivity index (χ1) is 4.86. The van der Waals surface area contributed by atoms with Crippen molar-refractivity contribution in [2.45, 2.75) is 0 Å². The van der Waals surface area contributed by atoms with Gasteiger partial charge >= 0.3 is 0 Å². The summed E-state index contributed by atoms with van der Waals surface area (Å²) in [5, 5.41) is 3.63. The third-order valence-electron chi connectivity index (χ3n) is 1.35. The third-order valence-corrected chi connectivity index (χ3v) is 1.35. The summed E-state index contributed by atoms with van der Waals surface area (Å²) in [5.74, 6) is -0.270. The van der Waals surface area contributed by atoms with E-state index in [1.165, 1.54) is 12.1 Å². The molecular formula is C7H4FN2. The van der Waals surface area contributed by atoms with Crippen LogP contribution in [0.3, 0.4) is 0 Å². The molecule has 10 heavy (non-hydrogen) atoms. The second-order valence-corrected chi connectivity index (χ2v) is 2.05. The van der Waals surface area contributed by atoms with Crippen LogP contribution in [0.15, 0.2) is 23.3 Å². The van der Waals surface area contributed by atoms with Crippen LogP contribution >= 0.6 is 0 Å². The largest absolute Gasteiger partial charge is 0.207 e. The third kappa shape index (κ3) is 0.673. The molecule has 1 heterocycles. The molecule has 1 aromatic carbocycles. The average molecular weight is 135 g/mol. The van der Waals surface area contributed by atoms with Gasteiger partial charge in [0, 0.05) is 11.6 Å². The van der Waals surface area contributed by atoms with Gasteiger partial charge in [0.2, 0.25) is 0 Å². The maximum Gasteiger partial charge on any atom is 0.125 e. The molecule has 0 bridgehead atoms. The Bertz CT molecular complexity index is 294. The Balaban J connectivity index is 2.59. The molecule has 1 aromatic rings. The van der Waals surface area contributed by atoms with E-state index >= 15 is 0 Å². The number of halogens is 1. The Labute approximate surface area is 57.4 Å². The van der Waals surface area contributed by atoms with Crippen molar-refractivity contribution in [2.24, 2.45) is 5.10 Å². The fourth-order valence-electron chi connectivity index (χ4n) is 0.866. The minimum Gasteiger partial charge on any atom is -0.207 e. The van der Waals surface area contributed by atoms with Gasteiger partial charge in [0.05, 0.1) is 11.9 Å². The maximum atomic E-state index is 12.4. The highest BCUT2D eigenvalue weighted by Crippen LogP contribution is 2.18. The van der Waals surface area contributed by atoms with E-state index in [1.807, 2.05) is 0 Å². The molecule has 1 aliphatic rings. The van der Waals surface area contributed by atoms with E-state index in [0.717, 1.165) is 5.56 Å². The zero-order valence-electron chi connectivity index (χ0n) is 5.08. The van der Waals surface area contributed by atoms with Crippen LogP contribution in [0.5, 0.6) is 0 Å². The molecular weight excluding hydrogens is 131 g/mol. The second kappa shape index (κ2) is 1.80. The van der Waals surface area contributed by atoms with E-state index in [1.54, 1.807) is 12.3 Å². The summed E-state index contributed by atoms with van der Waals surface area (Å²) in [6.45, 7) is 0. The molecule has 0 spiro atoms. The minimum absolute atomic E-state index is 0.270. The average Bonchev–Trinajstić information content (AvgIpc) is 2.33. The number of rotatable bonds is 0. The van der Waals surface area contributed by atoms with Gasteiger partial charge in [-0.2, -0.15) is 10.5 Å². The summed E-state index contributed by atoms with van der Waals surface area (Å²) in [4.78, 5) is 0. The highest BCUT2D eigenvalue weighted by Gasteiger charge is 2.06. The van der Waals surface area contributed by atoms with Gasteiger partial charge in [-0.3, -0.25) is 0 Å². The normalized spacial score (nSPS) is 12.9. The molecule has 0 aliphatic carbocycles. The molecule has 3 heteroatoms. The molecule has 0 atom stereocenters. The summed E-state index contributed by atoms with van der Waals surface area (Å²) in [6.07, 6.45) is 1.61. The van der Waals surface area contributed by atoms with Crippen LogP contribution in [0.1, 0.15) is 5.56 Å². The number of fused-ring (bicyclic) bond motifs is 1. The molecule has 1 aliphatic heterocycles. The van der Waals surface area contributed by atoms with Crippen molar-refractivity contribution in [3.05, 3.63) is 29.6 Å². The fourth-order valence-corrected chi connectivity index (χ4v) is 0.866. The summed E-state index contributed by atoms with van der Waals surface area (Å²) in [5.41, 5.74) is 5.18. The van der Waals surface area contributed by atoms with Crippen LogP contribution in [0.4, 0.5) is 10.1 Å². The second-order valence-electron chi connectivity index (χ2n) is 2.05. The lowest BCUT2D eigenvalue weighted by molar-refractivity contribution is 0.627. The maximum absolute atomic E-state index is 12.4. The van der Waals surface area contributed by atoms with Crippen LogP contribution < -0.4 is 5.43 Å². The lowest BCUT2D eigenvalue weighted by Crippen LogP contribution is -1.83. The first-order valence-electron chi connectivity index (χ1n) is 2.90. The molecule has 0 fully saturated rings. The first kappa shape index (κ1) is 5.41. The van der Waals surface area contributed by atoms with Gasteiger partial charge in [0.25, 0.3) is 0 Å². The van der Waals surface area contributed by atoms with Crippen LogP contribution in [-0.4, -0.2) is 6.21 Å². The highest BCUT2D eigenvalue weighted by atomic mass is 19.1. The van der Waals surface area contributed by atoms with Crippen LogP contribution in [-0.2, 0) is 0 Å². The van der Waals surface area contributed by atoms with Crippen LogP contribution in [0.2, 0.25) is 0 Å². The van der Waals surface area contributed by atoms with Gasteiger partial charge in [-0.05, 0) is 12.1 Å². The van der Waals surface area contributed by atoms with Crippen molar-refractivity contribution in [2.75, 3.05) is 0 Å². The Kier molecular flexibility index (Phi) is 0.974. The smallest absolute Gasteiger partial charge is 0.125 e. The van der Waals surface area contributed by atoms with E-state index in [0.29, 0.717) is 5.69 Å². The molecule has 0 amide bonds. The number of nitrogens with zero attached hydrogens (tertiary/aromatic N) is 2. The molecule has 1 radical (unpaired) electrons. The molecule has 0 saturated carbocycles. The zero-order chi connectivity index (χ0) is 6.97. The molecule has 2 rings (SSSR count). The monoisotopic (exact) mass is 135 g/mol. The van der Waals surface area contributed by atoms with E-state index in [-0.39, 0.29) is 5.82 Å². The topological polar surface area (TPSA) is 26.5 Å². The molecule has 0 N–H and O–H groups in total. The zero-order valence-corrected chi connectivity index (χ0v) is 5.08. The van der Waals surface area contributed by atoms with Gasteiger partial charge < -0.3 is 0 Å². The van der Waals surface area contributed by atoms with E-state index in [9.17, 15) is 4.39 Å². The predicted molar refractivity (Wildman–Crippen MR) is 35.8 cm³/mol. The Morgan fingerprint density at radius 2 is 2.20 bits per heavy atom. The fraction of sp³-hybridized carbons (Fsp3) is 0. The van der Waals surface area contributed by atoms with Crippen LogP contribution in [0, 0.1) is 5.82 Å². The van der Waals surface area contributed by atoms with Gasteiger partial charge in [-0.15, -0.1) is 0 Å². The SMILES string of the molecule is Fc1ccc2c(c1)[N]N=C2. The summed E-state index contributed by atoms with van der Waals surface area (Å²) >= 11 is 0. The standard InChI is InChI=1S/C7H4FN2/c8-6-2-1-5-4-9-10-7(5)3-6/h1-4H. The summed E-state index contributed by atoms with van der Waals surface area (Å²) in [6, 6.07) is 4.42. The lowest BCUT2D eigenvalue weighted by atomic mass is 10.2. The van der Waals surface area contributed by atoms with Crippen molar-refractivity contribution >= 4 is 11.9 Å². The predicted octanol–water partition coefficient (Wildman–Crippen LogP) is 1.41. The van der Waals surface area contributed by atoms with Crippen molar-refractivity contribution in [3.63, 3.8) is 0 Å². The van der Waals surface area contributed by atoms with Crippen LogP contribution in [0.25, 0.3) is 0 Å². The summed E-state index contributed by atoms with van der Waals surface area (Å²) < 4.78 is 12.4. The Hall–Kier alpha value is -1.38.